The van der Waals surface area contributed by atoms with Gasteiger partial charge >= 0.3 is 0 Å². The third-order valence-electron chi connectivity index (χ3n) is 2.75. The summed E-state index contributed by atoms with van der Waals surface area (Å²) in [5.74, 6) is 1.69. The van der Waals surface area contributed by atoms with Crippen molar-refractivity contribution in [2.75, 3.05) is 0 Å². The van der Waals surface area contributed by atoms with Crippen LogP contribution in [0.1, 0.15) is 24.6 Å². The van der Waals surface area contributed by atoms with Crippen LogP contribution in [0, 0.1) is 4.77 Å². The van der Waals surface area contributed by atoms with Crippen LogP contribution in [0.15, 0.2) is 12.4 Å². The van der Waals surface area contributed by atoms with Gasteiger partial charge in [0.1, 0.15) is 5.82 Å². The minimum Gasteiger partial charge on any atom is -0.302 e. The lowest BCUT2D eigenvalue weighted by molar-refractivity contribution is 0.505. The van der Waals surface area contributed by atoms with Gasteiger partial charge in [0.15, 0.2) is 4.77 Å². The number of hydrogen-bond donors (Lipinski definition) is 1. The molecule has 16 heavy (non-hydrogen) atoms. The van der Waals surface area contributed by atoms with Gasteiger partial charge in [-0.3, -0.25) is 9.78 Å². The zero-order chi connectivity index (χ0) is 11.0. The zero-order valence-electron chi connectivity index (χ0n) is 8.70. The maximum absolute atomic E-state index is 5.21. The fourth-order valence-corrected chi connectivity index (χ4v) is 1.98. The molecule has 0 bridgehead atoms. The van der Waals surface area contributed by atoms with Gasteiger partial charge in [0.2, 0.25) is 0 Å². The fourth-order valence-electron chi connectivity index (χ4n) is 1.75. The molecule has 0 atom stereocenters. The van der Waals surface area contributed by atoms with Crippen molar-refractivity contribution in [3.8, 4) is 0 Å². The van der Waals surface area contributed by atoms with E-state index in [4.69, 9.17) is 12.2 Å². The highest BCUT2D eigenvalue weighted by Gasteiger charge is 2.28. The van der Waals surface area contributed by atoms with Gasteiger partial charge in [-0.2, -0.15) is 5.10 Å². The number of aromatic nitrogens is 6. The molecule has 0 aliphatic heterocycles. The first-order chi connectivity index (χ1) is 7.84. The molecule has 0 unspecified atom stereocenters. The molecule has 6 nitrogen and oxygen atoms in total. The highest BCUT2D eigenvalue weighted by Crippen LogP contribution is 2.38. The molecular weight excluding hydrogens is 224 g/mol. The van der Waals surface area contributed by atoms with E-state index in [1.165, 1.54) is 12.8 Å². The molecule has 0 saturated heterocycles. The van der Waals surface area contributed by atoms with Gasteiger partial charge in [0.05, 0.1) is 12.7 Å². The van der Waals surface area contributed by atoms with E-state index < -0.39 is 0 Å². The normalized spacial score (nSPS) is 15.5. The Labute approximate surface area is 97.3 Å². The summed E-state index contributed by atoms with van der Waals surface area (Å²) in [6.45, 7) is 1.57. The summed E-state index contributed by atoms with van der Waals surface area (Å²) in [5.41, 5.74) is 0. The maximum Gasteiger partial charge on any atom is 0.195 e. The lowest BCUT2D eigenvalue weighted by Gasteiger charge is -2.05. The highest BCUT2D eigenvalue weighted by atomic mass is 32.1. The summed E-state index contributed by atoms with van der Waals surface area (Å²) in [4.78, 5) is 0. The van der Waals surface area contributed by atoms with E-state index >= 15 is 0 Å². The van der Waals surface area contributed by atoms with Gasteiger partial charge in [0, 0.05) is 18.7 Å². The van der Waals surface area contributed by atoms with Gasteiger partial charge < -0.3 is 4.57 Å². The van der Waals surface area contributed by atoms with Crippen molar-refractivity contribution in [1.29, 1.82) is 0 Å². The predicted octanol–water partition coefficient (Wildman–Crippen LogP) is 1.11. The minimum absolute atomic E-state index is 0.601. The Morgan fingerprint density at radius 1 is 1.44 bits per heavy atom. The Bertz CT molecular complexity index is 520. The van der Waals surface area contributed by atoms with Crippen LogP contribution in [0.2, 0.25) is 0 Å². The molecule has 0 aromatic carbocycles. The summed E-state index contributed by atoms with van der Waals surface area (Å²) >= 11 is 5.21. The second-order valence-corrected chi connectivity index (χ2v) is 4.37. The maximum atomic E-state index is 5.21. The van der Waals surface area contributed by atoms with Crippen molar-refractivity contribution in [2.24, 2.45) is 0 Å². The van der Waals surface area contributed by atoms with E-state index in [0.29, 0.717) is 10.7 Å². The molecule has 3 rings (SSSR count). The van der Waals surface area contributed by atoms with Crippen molar-refractivity contribution in [3.63, 3.8) is 0 Å². The van der Waals surface area contributed by atoms with Gasteiger partial charge in [-0.25, -0.2) is 0 Å². The second kappa shape index (κ2) is 3.82. The second-order valence-electron chi connectivity index (χ2n) is 3.98. The third-order valence-corrected chi connectivity index (χ3v) is 3.07. The molecule has 1 aliphatic carbocycles. The Balaban J connectivity index is 1.78. The Hall–Kier alpha value is -1.50. The van der Waals surface area contributed by atoms with Gasteiger partial charge in [-0.1, -0.05) is 5.21 Å². The smallest absolute Gasteiger partial charge is 0.195 e. The molecule has 2 aromatic rings. The van der Waals surface area contributed by atoms with E-state index in [9.17, 15) is 0 Å². The van der Waals surface area contributed by atoms with Gasteiger partial charge in [-0.05, 0) is 25.1 Å². The van der Waals surface area contributed by atoms with Crippen molar-refractivity contribution in [1.82, 2.24) is 29.8 Å². The lowest BCUT2D eigenvalue weighted by atomic mass is 10.4. The number of hydrogen-bond acceptors (Lipinski definition) is 4. The average molecular weight is 236 g/mol. The van der Waals surface area contributed by atoms with E-state index in [2.05, 4.69) is 25.1 Å². The van der Waals surface area contributed by atoms with Crippen LogP contribution in [0.25, 0.3) is 0 Å². The summed E-state index contributed by atoms with van der Waals surface area (Å²) in [6.07, 6.45) is 5.98. The fraction of sp³-hybridized carbons (Fsp3) is 0.556. The molecule has 0 radical (unpaired) electrons. The largest absolute Gasteiger partial charge is 0.302 e. The van der Waals surface area contributed by atoms with E-state index in [0.717, 1.165) is 18.9 Å². The van der Waals surface area contributed by atoms with Crippen LogP contribution < -0.4 is 0 Å². The molecule has 0 amide bonds. The first-order valence-electron chi connectivity index (χ1n) is 5.34. The molecular formula is C9H12N6S. The molecule has 7 heteroatoms. The van der Waals surface area contributed by atoms with Gasteiger partial charge in [-0.15, -0.1) is 5.10 Å². The van der Waals surface area contributed by atoms with Crippen molar-refractivity contribution in [3.05, 3.63) is 23.0 Å². The highest BCUT2D eigenvalue weighted by molar-refractivity contribution is 7.71. The molecule has 1 fully saturated rings. The average Bonchev–Trinajstić information content (AvgIpc) is 2.87. The van der Waals surface area contributed by atoms with Gasteiger partial charge in [0.25, 0.3) is 0 Å². The number of H-pyrrole nitrogens is 1. The van der Waals surface area contributed by atoms with E-state index in [-0.39, 0.29) is 0 Å². The summed E-state index contributed by atoms with van der Waals surface area (Å²) in [5, 5.41) is 14.8. The van der Waals surface area contributed by atoms with E-state index in [1.807, 2.05) is 6.20 Å². The molecule has 84 valence electrons. The Morgan fingerprint density at radius 3 is 3.00 bits per heavy atom. The minimum atomic E-state index is 0.601. The molecule has 2 heterocycles. The van der Waals surface area contributed by atoms with E-state index in [1.54, 1.807) is 10.9 Å². The van der Waals surface area contributed by atoms with Crippen LogP contribution in [0.5, 0.6) is 0 Å². The molecule has 1 aliphatic rings. The van der Waals surface area contributed by atoms with Crippen molar-refractivity contribution >= 4 is 12.2 Å². The first-order valence-corrected chi connectivity index (χ1v) is 5.74. The lowest BCUT2D eigenvalue weighted by Crippen LogP contribution is -2.10. The summed E-state index contributed by atoms with van der Waals surface area (Å²) in [7, 11) is 0. The molecule has 1 N–H and O–H groups in total. The predicted molar refractivity (Wildman–Crippen MR) is 59.4 cm³/mol. The topological polar surface area (TPSA) is 64.3 Å². The van der Waals surface area contributed by atoms with Crippen molar-refractivity contribution in [2.45, 2.75) is 31.8 Å². The standard InChI is InChI=1S/C9H12N6S/c16-9-12-11-8(7-1-2-7)15(9)6-5-14-4-3-10-13-14/h3-4,7H,1-2,5-6H2,(H,12,16). The van der Waals surface area contributed by atoms with Crippen LogP contribution in [-0.4, -0.2) is 29.8 Å². The van der Waals surface area contributed by atoms with Crippen LogP contribution in [-0.2, 0) is 13.1 Å². The Morgan fingerprint density at radius 2 is 2.31 bits per heavy atom. The number of nitrogens with one attached hydrogen (secondary N) is 1. The zero-order valence-corrected chi connectivity index (χ0v) is 9.52. The Kier molecular flexibility index (Phi) is 2.32. The molecule has 1 saturated carbocycles. The monoisotopic (exact) mass is 236 g/mol. The van der Waals surface area contributed by atoms with Crippen molar-refractivity contribution < 1.29 is 0 Å². The number of aromatic amines is 1. The number of rotatable bonds is 4. The molecule has 2 aromatic heterocycles. The summed E-state index contributed by atoms with van der Waals surface area (Å²) in [6, 6.07) is 0. The third kappa shape index (κ3) is 1.78. The molecule has 0 spiro atoms. The number of nitrogens with zero attached hydrogens (tertiary/aromatic N) is 5. The number of aryl methyl sites for hydroxylation is 1. The van der Waals surface area contributed by atoms with Crippen LogP contribution in [0.3, 0.4) is 0 Å². The summed E-state index contributed by atoms with van der Waals surface area (Å²) < 4.78 is 4.56. The quantitative estimate of drug-likeness (QED) is 0.808. The van der Waals surface area contributed by atoms with Crippen LogP contribution in [0.4, 0.5) is 0 Å². The first kappa shape index (κ1) is 9.71. The SMILES string of the molecule is S=c1[nH]nc(C2CC2)n1CCn1ccnn1. The van der Waals surface area contributed by atoms with Crippen LogP contribution >= 0.6 is 12.2 Å².